The van der Waals surface area contributed by atoms with E-state index >= 15 is 0 Å². The standard InChI is InChI=1S/C6H13N5O4/c7-6(8)9-3-1-2-4(5(12)13)10-11(14)15/h4,10H,1-3H2,(H,12,13)(H4,7,8,9)/t4-/m1/s1. The SMILES string of the molecule is NC(N)=NCCC[C@@H](N[N+](=O)[O-])C(=O)O. The van der Waals surface area contributed by atoms with Gasteiger partial charge in [0.2, 0.25) is 0 Å². The lowest BCUT2D eigenvalue weighted by molar-refractivity contribution is -0.549. The molecule has 0 aliphatic rings. The molecule has 0 saturated heterocycles. The molecule has 0 unspecified atom stereocenters. The average molecular weight is 219 g/mol. The van der Waals surface area contributed by atoms with Crippen molar-refractivity contribution in [3.63, 3.8) is 0 Å². The smallest absolute Gasteiger partial charge is 0.332 e. The van der Waals surface area contributed by atoms with Gasteiger partial charge in [-0.2, -0.15) is 0 Å². The number of nitrogens with one attached hydrogen (secondary N) is 1. The molecule has 1 atom stereocenters. The number of carboxylic acid groups (broad SMARTS) is 1. The maximum absolute atomic E-state index is 10.5. The maximum atomic E-state index is 10.5. The van der Waals surface area contributed by atoms with Gasteiger partial charge in [-0.1, -0.05) is 0 Å². The molecule has 86 valence electrons. The van der Waals surface area contributed by atoms with Gasteiger partial charge >= 0.3 is 5.97 Å². The summed E-state index contributed by atoms with van der Waals surface area (Å²) in [4.78, 5) is 24.1. The Balaban J connectivity index is 3.92. The normalized spacial score (nSPS) is 11.5. The number of aliphatic carboxylic acids is 1. The second-order valence-electron chi connectivity index (χ2n) is 2.73. The summed E-state index contributed by atoms with van der Waals surface area (Å²) in [5.74, 6) is -1.37. The third-order valence-electron chi connectivity index (χ3n) is 1.50. The highest BCUT2D eigenvalue weighted by Gasteiger charge is 2.20. The molecule has 9 heteroatoms. The van der Waals surface area contributed by atoms with Crippen LogP contribution in [0.3, 0.4) is 0 Å². The average Bonchev–Trinajstić information content (AvgIpc) is 2.08. The maximum Gasteiger partial charge on any atom is 0.332 e. The number of nitrogens with zero attached hydrogens (tertiary/aromatic N) is 2. The summed E-state index contributed by atoms with van der Waals surface area (Å²) >= 11 is 0. The predicted molar refractivity (Wildman–Crippen MR) is 51.5 cm³/mol. The topological polar surface area (TPSA) is 157 Å². The van der Waals surface area contributed by atoms with Gasteiger partial charge in [0.1, 0.15) is 0 Å². The third kappa shape index (κ3) is 7.05. The van der Waals surface area contributed by atoms with Crippen molar-refractivity contribution in [2.75, 3.05) is 6.54 Å². The van der Waals surface area contributed by atoms with E-state index in [1.165, 1.54) is 0 Å². The summed E-state index contributed by atoms with van der Waals surface area (Å²) in [6, 6.07) is -1.23. The summed E-state index contributed by atoms with van der Waals surface area (Å²) in [5, 5.41) is 17.7. The van der Waals surface area contributed by atoms with Crippen molar-refractivity contribution in [1.82, 2.24) is 5.43 Å². The van der Waals surface area contributed by atoms with Crippen LogP contribution in [0.2, 0.25) is 0 Å². The first-order valence-corrected chi connectivity index (χ1v) is 4.12. The van der Waals surface area contributed by atoms with E-state index in [-0.39, 0.29) is 18.9 Å². The first-order valence-electron chi connectivity index (χ1n) is 4.12. The summed E-state index contributed by atoms with van der Waals surface area (Å²) in [5.41, 5.74) is 11.8. The largest absolute Gasteiger partial charge is 0.480 e. The minimum absolute atomic E-state index is 0.0765. The predicted octanol–water partition coefficient (Wildman–Crippen LogP) is -1.73. The van der Waals surface area contributed by atoms with Gasteiger partial charge in [-0.3, -0.25) is 4.99 Å². The number of guanidine groups is 1. The second-order valence-corrected chi connectivity index (χ2v) is 2.73. The second kappa shape index (κ2) is 6.40. The highest BCUT2D eigenvalue weighted by molar-refractivity contribution is 5.75. The van der Waals surface area contributed by atoms with E-state index in [0.717, 1.165) is 0 Å². The van der Waals surface area contributed by atoms with E-state index < -0.39 is 17.0 Å². The van der Waals surface area contributed by atoms with Gasteiger partial charge in [0, 0.05) is 6.54 Å². The van der Waals surface area contributed by atoms with Crippen LogP contribution < -0.4 is 16.9 Å². The van der Waals surface area contributed by atoms with E-state index in [2.05, 4.69) is 4.99 Å². The van der Waals surface area contributed by atoms with Crippen LogP contribution in [0.4, 0.5) is 0 Å². The molecule has 0 bridgehead atoms. The Labute approximate surface area is 85.3 Å². The molecule has 0 aromatic heterocycles. The number of nitrogens with two attached hydrogens (primary N) is 2. The monoisotopic (exact) mass is 219 g/mol. The summed E-state index contributed by atoms with van der Waals surface area (Å²) in [7, 11) is 0. The Bertz CT molecular complexity index is 262. The third-order valence-corrected chi connectivity index (χ3v) is 1.50. The number of nitro groups is 1. The first kappa shape index (κ1) is 12.9. The molecule has 15 heavy (non-hydrogen) atoms. The van der Waals surface area contributed by atoms with Crippen molar-refractivity contribution in [1.29, 1.82) is 0 Å². The molecular weight excluding hydrogens is 206 g/mol. The minimum Gasteiger partial charge on any atom is -0.480 e. The van der Waals surface area contributed by atoms with Crippen LogP contribution >= 0.6 is 0 Å². The van der Waals surface area contributed by atoms with Crippen LogP contribution in [0.15, 0.2) is 4.99 Å². The van der Waals surface area contributed by atoms with E-state index in [9.17, 15) is 14.9 Å². The van der Waals surface area contributed by atoms with Crippen molar-refractivity contribution >= 4 is 11.9 Å². The highest BCUT2D eigenvalue weighted by Crippen LogP contribution is 1.98. The Morgan fingerprint density at radius 2 is 2.20 bits per heavy atom. The Morgan fingerprint density at radius 3 is 2.60 bits per heavy atom. The molecule has 0 rings (SSSR count). The molecule has 6 N–H and O–H groups in total. The molecule has 9 nitrogen and oxygen atoms in total. The molecule has 0 aliphatic heterocycles. The first-order chi connectivity index (χ1) is 6.93. The lowest BCUT2D eigenvalue weighted by Gasteiger charge is -2.07. The van der Waals surface area contributed by atoms with E-state index in [0.29, 0.717) is 6.42 Å². The van der Waals surface area contributed by atoms with Crippen LogP contribution in [0.25, 0.3) is 0 Å². The fourth-order valence-electron chi connectivity index (χ4n) is 0.874. The van der Waals surface area contributed by atoms with Gasteiger partial charge in [0.05, 0.1) is 0 Å². The van der Waals surface area contributed by atoms with Gasteiger partial charge in [-0.05, 0) is 12.8 Å². The molecule has 0 aromatic rings. The van der Waals surface area contributed by atoms with E-state index in [1.54, 1.807) is 5.43 Å². The fraction of sp³-hybridized carbons (Fsp3) is 0.667. The summed E-state index contributed by atoms with van der Waals surface area (Å²) < 4.78 is 0. The molecule has 0 aliphatic carbocycles. The zero-order valence-corrected chi connectivity index (χ0v) is 7.92. The zero-order chi connectivity index (χ0) is 11.8. The number of carbonyl (C=O) groups is 1. The molecule has 0 amide bonds. The van der Waals surface area contributed by atoms with Gasteiger partial charge in [0.15, 0.2) is 17.0 Å². The number of aliphatic imine (C=N–C) groups is 1. The molecular formula is C6H13N5O4. The van der Waals surface area contributed by atoms with Crippen LogP contribution in [0.5, 0.6) is 0 Å². The Morgan fingerprint density at radius 1 is 1.60 bits per heavy atom. The fourth-order valence-corrected chi connectivity index (χ4v) is 0.874. The number of hydrazine groups is 1. The lowest BCUT2D eigenvalue weighted by Crippen LogP contribution is -2.40. The van der Waals surface area contributed by atoms with Gasteiger partial charge < -0.3 is 16.6 Å². The van der Waals surface area contributed by atoms with E-state index in [1.807, 2.05) is 0 Å². The van der Waals surface area contributed by atoms with Crippen molar-refractivity contribution in [2.45, 2.75) is 18.9 Å². The molecule has 0 spiro atoms. The van der Waals surface area contributed by atoms with Crippen LogP contribution in [-0.2, 0) is 4.79 Å². The van der Waals surface area contributed by atoms with Crippen molar-refractivity contribution in [3.05, 3.63) is 10.1 Å². The summed E-state index contributed by atoms with van der Waals surface area (Å²) in [6.45, 7) is 0.242. The van der Waals surface area contributed by atoms with Gasteiger partial charge in [-0.15, -0.1) is 5.43 Å². The number of hydrogen-bond acceptors (Lipinski definition) is 4. The lowest BCUT2D eigenvalue weighted by atomic mass is 10.2. The molecule has 0 saturated carbocycles. The number of hydrogen-bond donors (Lipinski definition) is 4. The van der Waals surface area contributed by atoms with Gasteiger partial charge in [-0.25, -0.2) is 14.9 Å². The van der Waals surface area contributed by atoms with E-state index in [4.69, 9.17) is 16.6 Å². The molecule has 0 radical (unpaired) electrons. The molecule has 0 heterocycles. The van der Waals surface area contributed by atoms with Crippen LogP contribution in [0, 0.1) is 10.1 Å². The van der Waals surface area contributed by atoms with Crippen molar-refractivity contribution < 1.29 is 14.9 Å². The molecule has 0 fully saturated rings. The van der Waals surface area contributed by atoms with Crippen molar-refractivity contribution in [2.24, 2.45) is 16.5 Å². The minimum atomic E-state index is -1.28. The Kier molecular flexibility index (Phi) is 5.52. The number of carboxylic acids is 1. The van der Waals surface area contributed by atoms with Crippen LogP contribution in [0.1, 0.15) is 12.8 Å². The highest BCUT2D eigenvalue weighted by atomic mass is 16.7. The zero-order valence-electron chi connectivity index (χ0n) is 7.92. The Hall–Kier alpha value is -2.06. The molecule has 0 aromatic carbocycles. The van der Waals surface area contributed by atoms with Gasteiger partial charge in [0.25, 0.3) is 0 Å². The van der Waals surface area contributed by atoms with Crippen molar-refractivity contribution in [3.8, 4) is 0 Å². The summed E-state index contributed by atoms with van der Waals surface area (Å²) in [6.07, 6.45) is 0.419. The van der Waals surface area contributed by atoms with Crippen LogP contribution in [-0.4, -0.2) is 34.7 Å². The quantitative estimate of drug-likeness (QED) is 0.130. The number of rotatable bonds is 7.